The van der Waals surface area contributed by atoms with Gasteiger partial charge in [0, 0.05) is 11.6 Å². The van der Waals surface area contributed by atoms with E-state index in [9.17, 15) is 4.39 Å². The summed E-state index contributed by atoms with van der Waals surface area (Å²) in [5.41, 5.74) is 7.31. The van der Waals surface area contributed by atoms with Gasteiger partial charge in [-0.05, 0) is 30.7 Å². The van der Waals surface area contributed by atoms with Crippen LogP contribution in [0.3, 0.4) is 0 Å². The van der Waals surface area contributed by atoms with Crippen molar-refractivity contribution in [2.75, 3.05) is 0 Å². The molecule has 1 aromatic carbocycles. The summed E-state index contributed by atoms with van der Waals surface area (Å²) in [6.07, 6.45) is 0.790. The van der Waals surface area contributed by atoms with E-state index in [2.05, 4.69) is 5.16 Å². The quantitative estimate of drug-likeness (QED) is 0.865. The molecule has 0 aliphatic heterocycles. The van der Waals surface area contributed by atoms with Gasteiger partial charge in [0.05, 0.1) is 6.04 Å². The molecular weight excluding hydrogens is 207 g/mol. The smallest absolute Gasteiger partial charge is 0.154 e. The highest BCUT2D eigenvalue weighted by atomic mass is 19.1. The number of halogens is 1. The molecule has 1 atom stereocenters. The van der Waals surface area contributed by atoms with Crippen molar-refractivity contribution in [3.05, 3.63) is 41.9 Å². The molecule has 3 nitrogen and oxygen atoms in total. The van der Waals surface area contributed by atoms with Gasteiger partial charge in [0.1, 0.15) is 11.5 Å². The van der Waals surface area contributed by atoms with E-state index in [1.807, 2.05) is 6.92 Å². The Balaban J connectivity index is 2.28. The first-order valence-electron chi connectivity index (χ1n) is 5.19. The molecule has 2 N–H and O–H groups in total. The van der Waals surface area contributed by atoms with Crippen LogP contribution in [0.25, 0.3) is 11.3 Å². The normalized spacial score (nSPS) is 12.7. The first kappa shape index (κ1) is 10.8. The van der Waals surface area contributed by atoms with Crippen LogP contribution in [0.1, 0.15) is 25.1 Å². The Morgan fingerprint density at radius 3 is 2.69 bits per heavy atom. The van der Waals surface area contributed by atoms with Gasteiger partial charge in [0.2, 0.25) is 0 Å². The summed E-state index contributed by atoms with van der Waals surface area (Å²) < 4.78 is 17.9. The fraction of sp³-hybridized carbons (Fsp3) is 0.250. The molecule has 4 heteroatoms. The molecule has 1 heterocycles. The molecule has 0 fully saturated rings. The fourth-order valence-electron chi connectivity index (χ4n) is 1.42. The molecule has 2 rings (SSSR count). The van der Waals surface area contributed by atoms with Crippen LogP contribution in [0.4, 0.5) is 4.39 Å². The lowest BCUT2D eigenvalue weighted by Gasteiger charge is -2.00. The third kappa shape index (κ3) is 2.12. The largest absolute Gasteiger partial charge is 0.359 e. The van der Waals surface area contributed by atoms with Crippen LogP contribution >= 0.6 is 0 Å². The van der Waals surface area contributed by atoms with Crippen LogP contribution in [-0.4, -0.2) is 5.16 Å². The average molecular weight is 220 g/mol. The maximum atomic E-state index is 12.7. The van der Waals surface area contributed by atoms with Crippen LogP contribution in [0.5, 0.6) is 0 Å². The number of hydrogen-bond donors (Lipinski definition) is 1. The number of aromatic nitrogens is 1. The van der Waals surface area contributed by atoms with Gasteiger partial charge < -0.3 is 10.3 Å². The molecule has 1 unspecified atom stereocenters. The Bertz CT molecular complexity index is 464. The summed E-state index contributed by atoms with van der Waals surface area (Å²) in [4.78, 5) is 0. The Kier molecular flexibility index (Phi) is 3.01. The van der Waals surface area contributed by atoms with E-state index in [-0.39, 0.29) is 11.9 Å². The molecule has 0 saturated carbocycles. The van der Waals surface area contributed by atoms with Crippen molar-refractivity contribution >= 4 is 0 Å². The average Bonchev–Trinajstić information content (AvgIpc) is 2.78. The molecule has 0 saturated heterocycles. The Hall–Kier alpha value is -1.68. The maximum Gasteiger partial charge on any atom is 0.154 e. The van der Waals surface area contributed by atoms with E-state index in [0.29, 0.717) is 11.5 Å². The number of benzene rings is 1. The lowest BCUT2D eigenvalue weighted by molar-refractivity contribution is 0.360. The summed E-state index contributed by atoms with van der Waals surface area (Å²) in [6, 6.07) is 7.76. The van der Waals surface area contributed by atoms with E-state index in [1.165, 1.54) is 12.1 Å². The Morgan fingerprint density at radius 2 is 2.06 bits per heavy atom. The van der Waals surface area contributed by atoms with Gasteiger partial charge in [0.25, 0.3) is 0 Å². The van der Waals surface area contributed by atoms with Gasteiger partial charge in [0.15, 0.2) is 5.76 Å². The lowest BCUT2D eigenvalue weighted by Crippen LogP contribution is -2.06. The Labute approximate surface area is 93.1 Å². The second-order valence-electron chi connectivity index (χ2n) is 3.64. The number of nitrogens with zero attached hydrogens (tertiary/aromatic N) is 1. The molecule has 2 aromatic rings. The van der Waals surface area contributed by atoms with Crippen LogP contribution in [0.2, 0.25) is 0 Å². The minimum Gasteiger partial charge on any atom is -0.359 e. The van der Waals surface area contributed by atoms with Crippen molar-refractivity contribution in [2.24, 2.45) is 5.73 Å². The SMILES string of the molecule is CCC(N)c1cc(-c2ccc(F)cc2)no1. The standard InChI is InChI=1S/C12H13FN2O/c1-2-10(14)12-7-11(15-16-12)8-3-5-9(13)6-4-8/h3-7,10H,2,14H2,1H3. The van der Waals surface area contributed by atoms with E-state index in [1.54, 1.807) is 18.2 Å². The highest BCUT2D eigenvalue weighted by Gasteiger charge is 2.11. The second-order valence-corrected chi connectivity index (χ2v) is 3.64. The Morgan fingerprint density at radius 1 is 1.38 bits per heavy atom. The second kappa shape index (κ2) is 4.45. The lowest BCUT2D eigenvalue weighted by atomic mass is 10.1. The van der Waals surface area contributed by atoms with Crippen LogP contribution in [0, 0.1) is 5.82 Å². The van der Waals surface area contributed by atoms with Crippen LogP contribution < -0.4 is 5.73 Å². The zero-order valence-corrected chi connectivity index (χ0v) is 8.98. The summed E-state index contributed by atoms with van der Waals surface area (Å²) in [7, 11) is 0. The number of rotatable bonds is 3. The third-order valence-corrected chi connectivity index (χ3v) is 2.47. The first-order valence-corrected chi connectivity index (χ1v) is 5.19. The van der Waals surface area contributed by atoms with E-state index in [0.717, 1.165) is 12.0 Å². The van der Waals surface area contributed by atoms with Crippen LogP contribution in [0.15, 0.2) is 34.9 Å². The third-order valence-electron chi connectivity index (χ3n) is 2.47. The monoisotopic (exact) mass is 220 g/mol. The van der Waals surface area contributed by atoms with Crippen molar-refractivity contribution in [1.29, 1.82) is 0 Å². The minimum absolute atomic E-state index is 0.137. The molecule has 84 valence electrons. The zero-order chi connectivity index (χ0) is 11.5. The molecule has 0 aliphatic carbocycles. The molecule has 1 aromatic heterocycles. The summed E-state index contributed by atoms with van der Waals surface area (Å²) in [5, 5.41) is 3.91. The van der Waals surface area contributed by atoms with Crippen molar-refractivity contribution in [3.8, 4) is 11.3 Å². The van der Waals surface area contributed by atoms with Gasteiger partial charge in [-0.2, -0.15) is 0 Å². The van der Waals surface area contributed by atoms with Crippen molar-refractivity contribution in [1.82, 2.24) is 5.16 Å². The summed E-state index contributed by atoms with van der Waals surface area (Å²) in [6.45, 7) is 1.98. The zero-order valence-electron chi connectivity index (χ0n) is 8.98. The summed E-state index contributed by atoms with van der Waals surface area (Å²) >= 11 is 0. The first-order chi connectivity index (χ1) is 7.70. The predicted octanol–water partition coefficient (Wildman–Crippen LogP) is 2.89. The van der Waals surface area contributed by atoms with E-state index in [4.69, 9.17) is 10.3 Å². The van der Waals surface area contributed by atoms with Gasteiger partial charge in [-0.1, -0.05) is 12.1 Å². The minimum atomic E-state index is -0.266. The van der Waals surface area contributed by atoms with Crippen molar-refractivity contribution < 1.29 is 8.91 Å². The van der Waals surface area contributed by atoms with Gasteiger partial charge >= 0.3 is 0 Å². The molecule has 0 bridgehead atoms. The highest BCUT2D eigenvalue weighted by Crippen LogP contribution is 2.22. The highest BCUT2D eigenvalue weighted by molar-refractivity contribution is 5.58. The maximum absolute atomic E-state index is 12.7. The van der Waals surface area contributed by atoms with Crippen molar-refractivity contribution in [3.63, 3.8) is 0 Å². The molecule has 0 aliphatic rings. The molecular formula is C12H13FN2O. The van der Waals surface area contributed by atoms with E-state index >= 15 is 0 Å². The van der Waals surface area contributed by atoms with Gasteiger partial charge in [-0.3, -0.25) is 0 Å². The summed E-state index contributed by atoms with van der Waals surface area (Å²) in [5.74, 6) is 0.388. The predicted molar refractivity (Wildman–Crippen MR) is 59.1 cm³/mol. The molecule has 0 amide bonds. The number of hydrogen-bond acceptors (Lipinski definition) is 3. The molecule has 0 radical (unpaired) electrons. The van der Waals surface area contributed by atoms with E-state index < -0.39 is 0 Å². The van der Waals surface area contributed by atoms with Crippen molar-refractivity contribution in [2.45, 2.75) is 19.4 Å². The van der Waals surface area contributed by atoms with Crippen LogP contribution in [-0.2, 0) is 0 Å². The number of nitrogens with two attached hydrogens (primary N) is 1. The van der Waals surface area contributed by atoms with Gasteiger partial charge in [-0.15, -0.1) is 0 Å². The molecule has 16 heavy (non-hydrogen) atoms. The fourth-order valence-corrected chi connectivity index (χ4v) is 1.42. The molecule has 0 spiro atoms. The van der Waals surface area contributed by atoms with Gasteiger partial charge in [-0.25, -0.2) is 4.39 Å². The topological polar surface area (TPSA) is 52.0 Å².